The molecular weight excluding hydrogens is 192 g/mol. The van der Waals surface area contributed by atoms with E-state index in [0.717, 1.165) is 0 Å². The summed E-state index contributed by atoms with van der Waals surface area (Å²) in [5.41, 5.74) is 0. The molecule has 0 unspecified atom stereocenters. The Morgan fingerprint density at radius 1 is 1.21 bits per heavy atom. The van der Waals surface area contributed by atoms with Crippen LogP contribution in [0.2, 0.25) is 0 Å². The molecule has 1 N–H and O–H groups in total. The number of carbonyl (C=O) groups is 2. The van der Waals surface area contributed by atoms with Crippen LogP contribution in [0, 0.1) is 0 Å². The molecule has 0 heterocycles. The lowest BCUT2D eigenvalue weighted by Gasteiger charge is -2.25. The van der Waals surface area contributed by atoms with Gasteiger partial charge in [0.05, 0.1) is 13.5 Å². The van der Waals surface area contributed by atoms with Gasteiger partial charge >= 0.3 is 11.9 Å². The second-order valence-electron chi connectivity index (χ2n) is 2.54. The molecule has 0 radical (unpaired) electrons. The average Bonchev–Trinajstić information content (AvgIpc) is 2.19. The van der Waals surface area contributed by atoms with Crippen molar-refractivity contribution in [1.82, 2.24) is 0 Å². The van der Waals surface area contributed by atoms with Crippen molar-refractivity contribution >= 4 is 11.9 Å². The molecular formula is C8H14O6. The van der Waals surface area contributed by atoms with Gasteiger partial charge in [-0.15, -0.1) is 0 Å². The number of hydrogen-bond donors (Lipinski definition) is 1. The number of esters is 1. The van der Waals surface area contributed by atoms with Crippen LogP contribution >= 0.6 is 0 Å². The smallest absolute Gasteiger partial charge is 0.364 e. The van der Waals surface area contributed by atoms with E-state index in [1.807, 2.05) is 0 Å². The van der Waals surface area contributed by atoms with Crippen molar-refractivity contribution in [2.45, 2.75) is 18.6 Å². The Hall–Kier alpha value is -1.14. The Kier molecular flexibility index (Phi) is 5.11. The fourth-order valence-corrected chi connectivity index (χ4v) is 0.938. The zero-order valence-corrected chi connectivity index (χ0v) is 8.40. The van der Waals surface area contributed by atoms with Gasteiger partial charge in [0, 0.05) is 20.6 Å². The molecule has 0 saturated carbocycles. The molecule has 0 aliphatic rings. The van der Waals surface area contributed by atoms with E-state index >= 15 is 0 Å². The lowest BCUT2D eigenvalue weighted by atomic mass is 10.1. The number of ether oxygens (including phenoxy) is 3. The number of hydrogen-bond acceptors (Lipinski definition) is 5. The molecule has 0 atom stereocenters. The van der Waals surface area contributed by atoms with Crippen molar-refractivity contribution in [3.8, 4) is 0 Å². The standard InChI is InChI=1S/C8H14O6/c1-12-6(9)4-5-8(13-2,14-3)7(10)11/h4-5H2,1-3H3,(H,10,11). The minimum absolute atomic E-state index is 0.0789. The molecule has 0 fully saturated rings. The second-order valence-corrected chi connectivity index (χ2v) is 2.54. The summed E-state index contributed by atoms with van der Waals surface area (Å²) in [4.78, 5) is 21.6. The van der Waals surface area contributed by atoms with E-state index in [-0.39, 0.29) is 12.8 Å². The largest absolute Gasteiger partial charge is 0.477 e. The minimum atomic E-state index is -1.77. The van der Waals surface area contributed by atoms with Gasteiger partial charge in [0.2, 0.25) is 0 Å². The summed E-state index contributed by atoms with van der Waals surface area (Å²) in [5.74, 6) is -3.55. The topological polar surface area (TPSA) is 82.1 Å². The molecule has 0 saturated heterocycles. The van der Waals surface area contributed by atoms with Crippen molar-refractivity contribution in [1.29, 1.82) is 0 Å². The van der Waals surface area contributed by atoms with Crippen LogP contribution in [0.15, 0.2) is 0 Å². The fourth-order valence-electron chi connectivity index (χ4n) is 0.938. The maximum atomic E-state index is 10.8. The van der Waals surface area contributed by atoms with Crippen molar-refractivity contribution in [3.05, 3.63) is 0 Å². The molecule has 0 aliphatic heterocycles. The van der Waals surface area contributed by atoms with Gasteiger partial charge < -0.3 is 19.3 Å². The molecule has 0 aliphatic carbocycles. The average molecular weight is 206 g/mol. The minimum Gasteiger partial charge on any atom is -0.477 e. The SMILES string of the molecule is COC(=O)CCC(OC)(OC)C(=O)O. The highest BCUT2D eigenvalue weighted by Gasteiger charge is 2.39. The van der Waals surface area contributed by atoms with Gasteiger partial charge in [0.15, 0.2) is 0 Å². The van der Waals surface area contributed by atoms with Crippen LogP contribution in [-0.2, 0) is 23.8 Å². The molecule has 0 spiro atoms. The number of methoxy groups -OCH3 is 3. The molecule has 0 aromatic rings. The van der Waals surface area contributed by atoms with Gasteiger partial charge in [-0.25, -0.2) is 4.79 Å². The fraction of sp³-hybridized carbons (Fsp3) is 0.750. The Morgan fingerprint density at radius 2 is 1.71 bits per heavy atom. The molecule has 0 bridgehead atoms. The van der Waals surface area contributed by atoms with E-state index in [0.29, 0.717) is 0 Å². The predicted octanol–water partition coefficient (Wildman–Crippen LogP) is 0.0133. The molecule has 6 heteroatoms. The number of carboxylic acids is 1. The van der Waals surface area contributed by atoms with Crippen molar-refractivity contribution in [3.63, 3.8) is 0 Å². The zero-order chi connectivity index (χ0) is 11.2. The molecule has 0 amide bonds. The summed E-state index contributed by atoms with van der Waals surface area (Å²) in [7, 11) is 3.63. The van der Waals surface area contributed by atoms with Crippen LogP contribution in [0.1, 0.15) is 12.8 Å². The van der Waals surface area contributed by atoms with Crippen molar-refractivity contribution < 1.29 is 28.9 Å². The normalized spacial score (nSPS) is 11.1. The van der Waals surface area contributed by atoms with Gasteiger partial charge in [-0.1, -0.05) is 0 Å². The lowest BCUT2D eigenvalue weighted by molar-refractivity contribution is -0.228. The maximum absolute atomic E-state index is 10.8. The van der Waals surface area contributed by atoms with Gasteiger partial charge in [-0.05, 0) is 0 Å². The monoisotopic (exact) mass is 206 g/mol. The summed E-state index contributed by atoms with van der Waals surface area (Å²) in [5, 5.41) is 8.81. The molecule has 14 heavy (non-hydrogen) atoms. The van der Waals surface area contributed by atoms with Crippen molar-refractivity contribution in [2.75, 3.05) is 21.3 Å². The molecule has 0 aromatic carbocycles. The molecule has 0 aromatic heterocycles. The van der Waals surface area contributed by atoms with Crippen LogP contribution in [0.5, 0.6) is 0 Å². The van der Waals surface area contributed by atoms with E-state index in [4.69, 9.17) is 14.6 Å². The third-order valence-electron chi connectivity index (χ3n) is 1.87. The molecule has 82 valence electrons. The highest BCUT2D eigenvalue weighted by atomic mass is 16.7. The van der Waals surface area contributed by atoms with Gasteiger partial charge in [0.1, 0.15) is 0 Å². The Bertz CT molecular complexity index is 208. The summed E-state index contributed by atoms with van der Waals surface area (Å²) >= 11 is 0. The van der Waals surface area contributed by atoms with Crippen LogP contribution in [0.4, 0.5) is 0 Å². The third-order valence-corrected chi connectivity index (χ3v) is 1.87. The van der Waals surface area contributed by atoms with E-state index in [2.05, 4.69) is 4.74 Å². The van der Waals surface area contributed by atoms with Crippen LogP contribution in [0.3, 0.4) is 0 Å². The first-order chi connectivity index (χ1) is 6.52. The number of aliphatic carboxylic acids is 1. The zero-order valence-electron chi connectivity index (χ0n) is 8.40. The number of carbonyl (C=O) groups excluding carboxylic acids is 1. The summed E-state index contributed by atoms with van der Waals surface area (Å²) in [6.45, 7) is 0. The Labute approximate surface area is 81.8 Å². The van der Waals surface area contributed by atoms with E-state index in [1.165, 1.54) is 21.3 Å². The first-order valence-corrected chi connectivity index (χ1v) is 3.93. The quantitative estimate of drug-likeness (QED) is 0.487. The van der Waals surface area contributed by atoms with Crippen LogP contribution < -0.4 is 0 Å². The van der Waals surface area contributed by atoms with Crippen LogP contribution in [0.25, 0.3) is 0 Å². The molecule has 6 nitrogen and oxygen atoms in total. The molecule has 0 rings (SSSR count). The highest BCUT2D eigenvalue weighted by molar-refractivity contribution is 5.77. The third kappa shape index (κ3) is 2.97. The summed E-state index contributed by atoms with van der Waals surface area (Å²) in [6.07, 6.45) is -0.174. The maximum Gasteiger partial charge on any atom is 0.364 e. The predicted molar refractivity (Wildman–Crippen MR) is 45.6 cm³/mol. The van der Waals surface area contributed by atoms with E-state index in [1.54, 1.807) is 0 Å². The van der Waals surface area contributed by atoms with Gasteiger partial charge in [-0.3, -0.25) is 4.79 Å². The number of carboxylic acid groups (broad SMARTS) is 1. The van der Waals surface area contributed by atoms with Gasteiger partial charge in [0.25, 0.3) is 5.79 Å². The summed E-state index contributed by atoms with van der Waals surface area (Å²) < 4.78 is 13.8. The Morgan fingerprint density at radius 3 is 2.00 bits per heavy atom. The van der Waals surface area contributed by atoms with Gasteiger partial charge in [-0.2, -0.15) is 0 Å². The number of rotatable bonds is 6. The first kappa shape index (κ1) is 12.9. The second kappa shape index (κ2) is 5.56. The first-order valence-electron chi connectivity index (χ1n) is 3.93. The van der Waals surface area contributed by atoms with Crippen molar-refractivity contribution in [2.24, 2.45) is 0 Å². The van der Waals surface area contributed by atoms with E-state index < -0.39 is 17.7 Å². The lowest BCUT2D eigenvalue weighted by Crippen LogP contribution is -2.43. The van der Waals surface area contributed by atoms with Crippen LogP contribution in [-0.4, -0.2) is 44.2 Å². The summed E-state index contributed by atoms with van der Waals surface area (Å²) in [6, 6.07) is 0. The highest BCUT2D eigenvalue weighted by Crippen LogP contribution is 2.18. The van der Waals surface area contributed by atoms with E-state index in [9.17, 15) is 9.59 Å². The Balaban J connectivity index is 4.37.